The maximum absolute atomic E-state index is 12.5. The first-order chi connectivity index (χ1) is 20.7. The van der Waals surface area contributed by atoms with E-state index in [2.05, 4.69) is 25.9 Å². The summed E-state index contributed by atoms with van der Waals surface area (Å²) >= 11 is 0. The predicted molar refractivity (Wildman–Crippen MR) is 165 cm³/mol. The van der Waals surface area contributed by atoms with Crippen molar-refractivity contribution in [2.24, 2.45) is 0 Å². The van der Waals surface area contributed by atoms with Crippen molar-refractivity contribution >= 4 is 35.0 Å². The number of aryl methyl sites for hydroxylation is 1. The first kappa shape index (κ1) is 32.7. The number of nitrogens with one attached hydrogen (secondary N) is 4. The van der Waals surface area contributed by atoms with Crippen LogP contribution >= 0.6 is 0 Å². The van der Waals surface area contributed by atoms with Crippen LogP contribution in [0.15, 0.2) is 66.9 Å². The number of nitrogens with zero attached hydrogens (tertiary/aromatic N) is 3. The van der Waals surface area contributed by atoms with Crippen LogP contribution in [-0.4, -0.2) is 65.0 Å². The van der Waals surface area contributed by atoms with Crippen LogP contribution in [0.5, 0.6) is 11.6 Å². The monoisotopic (exact) mass is 589 g/mol. The lowest BCUT2D eigenvalue weighted by molar-refractivity contribution is -0.129. The molecule has 0 unspecified atom stereocenters. The van der Waals surface area contributed by atoms with Gasteiger partial charge in [-0.05, 0) is 70.3 Å². The van der Waals surface area contributed by atoms with Crippen molar-refractivity contribution in [3.05, 3.63) is 78.0 Å². The molecule has 3 rings (SSSR count). The topological polar surface area (TPSA) is 158 Å². The lowest BCUT2D eigenvalue weighted by atomic mass is 10.1. The minimum Gasteiger partial charge on any atom is -0.438 e. The molecule has 0 aliphatic carbocycles. The average Bonchev–Trinajstić information content (AvgIpc) is 2.98. The third-order valence-corrected chi connectivity index (χ3v) is 6.13. The fourth-order valence-corrected chi connectivity index (χ4v) is 3.85. The SMILES string of the molecule is Cc1cnc(Nc2ccc(C(=O)NCCCCCCC(=O)NO)cc2)nc1Oc1cccc(NC(=O)C=CCN(C)C)c1. The zero-order valence-corrected chi connectivity index (χ0v) is 24.7. The maximum Gasteiger partial charge on any atom is 0.251 e. The van der Waals surface area contributed by atoms with E-state index in [-0.39, 0.29) is 24.1 Å². The van der Waals surface area contributed by atoms with Crippen molar-refractivity contribution in [2.45, 2.75) is 39.0 Å². The van der Waals surface area contributed by atoms with Crippen molar-refractivity contribution in [1.82, 2.24) is 25.7 Å². The zero-order chi connectivity index (χ0) is 31.0. The molecule has 12 heteroatoms. The summed E-state index contributed by atoms with van der Waals surface area (Å²) in [7, 11) is 3.85. The number of aromatic nitrogens is 2. The molecule has 0 aliphatic rings. The van der Waals surface area contributed by atoms with Gasteiger partial charge in [-0.3, -0.25) is 19.6 Å². The van der Waals surface area contributed by atoms with Crippen LogP contribution < -0.4 is 26.2 Å². The Hall–Kier alpha value is -4.81. The highest BCUT2D eigenvalue weighted by atomic mass is 16.5. The Morgan fingerprint density at radius 2 is 1.77 bits per heavy atom. The summed E-state index contributed by atoms with van der Waals surface area (Å²) in [6.07, 6.45) is 8.43. The van der Waals surface area contributed by atoms with Gasteiger partial charge in [0.05, 0.1) is 0 Å². The molecule has 0 spiro atoms. The van der Waals surface area contributed by atoms with E-state index >= 15 is 0 Å². The Morgan fingerprint density at radius 1 is 1.00 bits per heavy atom. The number of unbranched alkanes of at least 4 members (excludes halogenated alkanes) is 3. The van der Waals surface area contributed by atoms with E-state index in [0.29, 0.717) is 54.0 Å². The molecule has 3 aromatic rings. The molecule has 1 heterocycles. The Morgan fingerprint density at radius 3 is 2.51 bits per heavy atom. The van der Waals surface area contributed by atoms with E-state index in [1.54, 1.807) is 66.3 Å². The van der Waals surface area contributed by atoms with Gasteiger partial charge in [0.25, 0.3) is 5.91 Å². The lowest BCUT2D eigenvalue weighted by Gasteiger charge is -2.11. The predicted octanol–water partition coefficient (Wildman–Crippen LogP) is 4.56. The second kappa shape index (κ2) is 17.2. The summed E-state index contributed by atoms with van der Waals surface area (Å²) in [4.78, 5) is 46.4. The minimum absolute atomic E-state index is 0.170. The van der Waals surface area contributed by atoms with Gasteiger partial charge in [-0.2, -0.15) is 4.98 Å². The van der Waals surface area contributed by atoms with Gasteiger partial charge in [-0.15, -0.1) is 0 Å². The molecule has 12 nitrogen and oxygen atoms in total. The quantitative estimate of drug-likeness (QED) is 0.0699. The standard InChI is InChI=1S/C31H39N7O5/c1-22-21-33-31(36-30(22)43-26-11-8-10-25(20-26)34-27(39)13-9-19-38(2)3)35-24-16-14-23(15-17-24)29(41)32-18-7-5-4-6-12-28(40)37-42/h8-11,13-17,20-21,42H,4-7,12,18-19H2,1-3H3,(H,32,41)(H,34,39)(H,37,40)(H,33,35,36). The number of likely N-dealkylation sites (N-methyl/N-ethyl adjacent to an activating group) is 1. The summed E-state index contributed by atoms with van der Waals surface area (Å²) in [5.74, 6) is 0.405. The molecule has 0 bridgehead atoms. The van der Waals surface area contributed by atoms with Crippen molar-refractivity contribution in [1.29, 1.82) is 0 Å². The van der Waals surface area contributed by atoms with Crippen LogP contribution in [0, 0.1) is 6.92 Å². The summed E-state index contributed by atoms with van der Waals surface area (Å²) in [6.45, 7) is 3.04. The smallest absolute Gasteiger partial charge is 0.251 e. The van der Waals surface area contributed by atoms with Gasteiger partial charge in [0, 0.05) is 60.4 Å². The minimum atomic E-state index is -0.386. The van der Waals surface area contributed by atoms with Crippen LogP contribution in [-0.2, 0) is 9.59 Å². The molecule has 0 radical (unpaired) electrons. The van der Waals surface area contributed by atoms with E-state index in [1.165, 1.54) is 6.08 Å². The van der Waals surface area contributed by atoms with E-state index in [4.69, 9.17) is 9.94 Å². The van der Waals surface area contributed by atoms with Gasteiger partial charge in [0.15, 0.2) is 0 Å². The highest BCUT2D eigenvalue weighted by molar-refractivity contribution is 5.99. The molecule has 0 saturated heterocycles. The maximum atomic E-state index is 12.5. The van der Waals surface area contributed by atoms with Crippen molar-refractivity contribution in [3.63, 3.8) is 0 Å². The number of benzene rings is 2. The van der Waals surface area contributed by atoms with Crippen LogP contribution in [0.2, 0.25) is 0 Å². The van der Waals surface area contributed by atoms with E-state index in [0.717, 1.165) is 24.8 Å². The molecule has 3 amide bonds. The normalized spacial score (nSPS) is 10.9. The number of hydroxylamine groups is 1. The first-order valence-electron chi connectivity index (χ1n) is 14.1. The van der Waals surface area contributed by atoms with E-state index in [9.17, 15) is 14.4 Å². The fourth-order valence-electron chi connectivity index (χ4n) is 3.85. The molecule has 0 fully saturated rings. The number of hydrogen-bond donors (Lipinski definition) is 5. The molecule has 1 aromatic heterocycles. The Bertz CT molecular complexity index is 1390. The van der Waals surface area contributed by atoms with Gasteiger partial charge >= 0.3 is 0 Å². The summed E-state index contributed by atoms with van der Waals surface area (Å²) < 4.78 is 6.01. The van der Waals surface area contributed by atoms with E-state index < -0.39 is 0 Å². The molecule has 0 aliphatic heterocycles. The molecule has 2 aromatic carbocycles. The van der Waals surface area contributed by atoms with Crippen LogP contribution in [0.1, 0.15) is 48.0 Å². The Balaban J connectivity index is 1.51. The number of ether oxygens (including phenoxy) is 1. The largest absolute Gasteiger partial charge is 0.438 e. The Kier molecular flexibility index (Phi) is 13.1. The first-order valence-corrected chi connectivity index (χ1v) is 14.1. The highest BCUT2D eigenvalue weighted by Gasteiger charge is 2.10. The number of carbonyl (C=O) groups excluding carboxylic acids is 3. The van der Waals surface area contributed by atoms with Gasteiger partial charge in [0.1, 0.15) is 5.75 Å². The zero-order valence-electron chi connectivity index (χ0n) is 24.7. The number of carbonyl (C=O) groups is 3. The summed E-state index contributed by atoms with van der Waals surface area (Å²) in [6, 6.07) is 14.0. The Labute approximate surface area is 251 Å². The average molecular weight is 590 g/mol. The molecule has 228 valence electrons. The van der Waals surface area contributed by atoms with Gasteiger partial charge < -0.3 is 25.6 Å². The highest BCUT2D eigenvalue weighted by Crippen LogP contribution is 2.26. The molecule has 0 saturated carbocycles. The summed E-state index contributed by atoms with van der Waals surface area (Å²) in [5, 5.41) is 17.3. The second-order valence-corrected chi connectivity index (χ2v) is 10.1. The van der Waals surface area contributed by atoms with Crippen LogP contribution in [0.4, 0.5) is 17.3 Å². The number of rotatable bonds is 16. The number of hydrogen-bond acceptors (Lipinski definition) is 9. The fraction of sp³-hybridized carbons (Fsp3) is 0.323. The molecule has 43 heavy (non-hydrogen) atoms. The van der Waals surface area contributed by atoms with Gasteiger partial charge in [-0.1, -0.05) is 25.0 Å². The third kappa shape index (κ3) is 11.9. The second-order valence-electron chi connectivity index (χ2n) is 10.1. The van der Waals surface area contributed by atoms with Crippen molar-refractivity contribution in [2.75, 3.05) is 37.8 Å². The molecule has 0 atom stereocenters. The van der Waals surface area contributed by atoms with Crippen molar-refractivity contribution < 1.29 is 24.3 Å². The van der Waals surface area contributed by atoms with Crippen LogP contribution in [0.25, 0.3) is 0 Å². The van der Waals surface area contributed by atoms with Crippen LogP contribution in [0.3, 0.4) is 0 Å². The number of amides is 3. The number of anilines is 3. The van der Waals surface area contributed by atoms with Gasteiger partial charge in [0.2, 0.25) is 23.6 Å². The van der Waals surface area contributed by atoms with Gasteiger partial charge in [-0.25, -0.2) is 10.5 Å². The molecule has 5 N–H and O–H groups in total. The van der Waals surface area contributed by atoms with E-state index in [1.807, 2.05) is 25.9 Å². The molecular weight excluding hydrogens is 550 g/mol. The molecular formula is C31H39N7O5. The lowest BCUT2D eigenvalue weighted by Crippen LogP contribution is -2.24. The van der Waals surface area contributed by atoms with Crippen molar-refractivity contribution in [3.8, 4) is 11.6 Å². The summed E-state index contributed by atoms with van der Waals surface area (Å²) in [5.41, 5.74) is 4.17. The third-order valence-electron chi connectivity index (χ3n) is 6.13.